The van der Waals surface area contributed by atoms with E-state index >= 15 is 0 Å². The summed E-state index contributed by atoms with van der Waals surface area (Å²) in [5, 5.41) is 2.12. The molecule has 1 unspecified atom stereocenters. The molecule has 1 aliphatic rings. The van der Waals surface area contributed by atoms with Crippen LogP contribution in [0.15, 0.2) is 72.8 Å². The third-order valence-corrected chi connectivity index (χ3v) is 6.08. The second-order valence-corrected chi connectivity index (χ2v) is 7.91. The van der Waals surface area contributed by atoms with Gasteiger partial charge in [-0.25, -0.2) is 8.78 Å². The van der Waals surface area contributed by atoms with Gasteiger partial charge in [-0.1, -0.05) is 48.5 Å². The van der Waals surface area contributed by atoms with Crippen LogP contribution in [0, 0.1) is 11.6 Å². The smallest absolute Gasteiger partial charge is 0.255 e. The van der Waals surface area contributed by atoms with E-state index in [1.165, 1.54) is 17.8 Å². The summed E-state index contributed by atoms with van der Waals surface area (Å²) in [7, 11) is 0. The molecular weight excluding hydrogens is 406 g/mol. The Hall–Kier alpha value is -3.19. The van der Waals surface area contributed by atoms with E-state index in [0.29, 0.717) is 12.3 Å². The van der Waals surface area contributed by atoms with Crippen molar-refractivity contribution in [1.29, 1.82) is 0 Å². The molecule has 0 bridgehead atoms. The number of hydrogen-bond acceptors (Lipinski definition) is 3. The van der Waals surface area contributed by atoms with Gasteiger partial charge in [0, 0.05) is 12.1 Å². The molecule has 0 radical (unpaired) electrons. The Labute approximate surface area is 176 Å². The number of halogens is 2. The molecule has 4 rings (SSSR count). The van der Waals surface area contributed by atoms with Crippen molar-refractivity contribution in [3.63, 3.8) is 0 Å². The summed E-state index contributed by atoms with van der Waals surface area (Å²) >= 11 is 1.53. The minimum absolute atomic E-state index is 0.0608. The predicted molar refractivity (Wildman–Crippen MR) is 113 cm³/mol. The summed E-state index contributed by atoms with van der Waals surface area (Å²) in [5.41, 5.74) is 1.72. The summed E-state index contributed by atoms with van der Waals surface area (Å²) in [5.74, 6) is -1.82. The highest BCUT2D eigenvalue weighted by Gasteiger charge is 2.32. The van der Waals surface area contributed by atoms with E-state index < -0.39 is 23.2 Å². The first kappa shape index (κ1) is 20.1. The first-order valence-electron chi connectivity index (χ1n) is 9.33. The van der Waals surface area contributed by atoms with Crippen LogP contribution < -0.4 is 5.32 Å². The average Bonchev–Trinajstić information content (AvgIpc) is 3.12. The number of carbonyl (C=O) groups excluding carboxylic acids is 2. The Morgan fingerprint density at radius 2 is 1.63 bits per heavy atom. The Morgan fingerprint density at radius 1 is 0.967 bits per heavy atom. The standard InChI is InChI=1S/C23H18F2N2O2S/c24-18-7-4-8-19(25)21(18)26-22(29)16-9-11-17(12-10-16)23-27(20(28)14-30-23)13-15-5-2-1-3-6-15/h1-12,23H,13-14H2,(H,26,29). The van der Waals surface area contributed by atoms with E-state index in [4.69, 9.17) is 0 Å². The zero-order valence-electron chi connectivity index (χ0n) is 15.8. The zero-order valence-corrected chi connectivity index (χ0v) is 16.7. The number of anilines is 1. The molecule has 2 amide bonds. The third-order valence-electron chi connectivity index (χ3n) is 4.82. The van der Waals surface area contributed by atoms with Gasteiger partial charge in [-0.3, -0.25) is 9.59 Å². The molecule has 7 heteroatoms. The molecule has 0 aromatic heterocycles. The first-order valence-corrected chi connectivity index (χ1v) is 10.4. The van der Waals surface area contributed by atoms with Crippen LogP contribution in [0.1, 0.15) is 26.9 Å². The van der Waals surface area contributed by atoms with Crippen LogP contribution in [-0.2, 0) is 11.3 Å². The number of benzene rings is 3. The number of nitrogens with zero attached hydrogens (tertiary/aromatic N) is 1. The predicted octanol–water partition coefficient (Wildman–Crippen LogP) is 4.99. The van der Waals surface area contributed by atoms with Gasteiger partial charge >= 0.3 is 0 Å². The molecule has 1 fully saturated rings. The van der Waals surface area contributed by atoms with E-state index in [1.54, 1.807) is 24.3 Å². The van der Waals surface area contributed by atoms with Gasteiger partial charge in [-0.15, -0.1) is 11.8 Å². The SMILES string of the molecule is O=C(Nc1c(F)cccc1F)c1ccc(C2SCC(=O)N2Cc2ccccc2)cc1. The summed E-state index contributed by atoms with van der Waals surface area (Å²) < 4.78 is 27.5. The van der Waals surface area contributed by atoms with Gasteiger partial charge in [0.15, 0.2) is 0 Å². The molecule has 4 nitrogen and oxygen atoms in total. The van der Waals surface area contributed by atoms with Gasteiger partial charge in [0.1, 0.15) is 22.7 Å². The summed E-state index contributed by atoms with van der Waals surface area (Å²) in [6.45, 7) is 0.506. The van der Waals surface area contributed by atoms with Gasteiger partial charge in [0.25, 0.3) is 5.91 Å². The van der Waals surface area contributed by atoms with E-state index in [-0.39, 0.29) is 16.8 Å². The summed E-state index contributed by atoms with van der Waals surface area (Å²) in [6, 6.07) is 19.9. The molecule has 3 aromatic rings. The molecule has 0 saturated carbocycles. The van der Waals surface area contributed by atoms with E-state index in [0.717, 1.165) is 23.3 Å². The van der Waals surface area contributed by atoms with Crippen LogP contribution in [0.2, 0.25) is 0 Å². The Bertz CT molecular complexity index is 1050. The fraction of sp³-hybridized carbons (Fsp3) is 0.130. The topological polar surface area (TPSA) is 49.4 Å². The lowest BCUT2D eigenvalue weighted by molar-refractivity contribution is -0.128. The van der Waals surface area contributed by atoms with Crippen molar-refractivity contribution in [2.75, 3.05) is 11.1 Å². The lowest BCUT2D eigenvalue weighted by Crippen LogP contribution is -2.27. The average molecular weight is 424 g/mol. The lowest BCUT2D eigenvalue weighted by atomic mass is 10.1. The Balaban J connectivity index is 1.50. The third kappa shape index (κ3) is 4.21. The monoisotopic (exact) mass is 424 g/mol. The Morgan fingerprint density at radius 3 is 2.30 bits per heavy atom. The van der Waals surface area contributed by atoms with Crippen LogP contribution in [0.5, 0.6) is 0 Å². The molecular formula is C23H18F2N2O2S. The molecule has 0 spiro atoms. The maximum absolute atomic E-state index is 13.8. The normalized spacial score (nSPS) is 16.0. The van der Waals surface area contributed by atoms with Crippen molar-refractivity contribution in [3.8, 4) is 0 Å². The highest BCUT2D eigenvalue weighted by molar-refractivity contribution is 8.00. The second kappa shape index (κ2) is 8.67. The molecule has 0 aliphatic carbocycles. The van der Waals surface area contributed by atoms with Crippen LogP contribution in [-0.4, -0.2) is 22.5 Å². The lowest BCUT2D eigenvalue weighted by Gasteiger charge is -2.24. The van der Waals surface area contributed by atoms with E-state index in [9.17, 15) is 18.4 Å². The van der Waals surface area contributed by atoms with Gasteiger partial charge in [-0.2, -0.15) is 0 Å². The molecule has 1 heterocycles. The van der Waals surface area contributed by atoms with Crippen molar-refractivity contribution in [2.24, 2.45) is 0 Å². The Kier molecular flexibility index (Phi) is 5.81. The van der Waals surface area contributed by atoms with Crippen molar-refractivity contribution < 1.29 is 18.4 Å². The maximum atomic E-state index is 13.8. The molecule has 1 aliphatic heterocycles. The van der Waals surface area contributed by atoms with Crippen LogP contribution in [0.3, 0.4) is 0 Å². The van der Waals surface area contributed by atoms with Crippen molar-refractivity contribution in [1.82, 2.24) is 4.90 Å². The second-order valence-electron chi connectivity index (χ2n) is 6.84. The number of amides is 2. The first-order chi connectivity index (χ1) is 14.5. The molecule has 152 valence electrons. The van der Waals surface area contributed by atoms with Crippen molar-refractivity contribution >= 4 is 29.3 Å². The van der Waals surface area contributed by atoms with Crippen LogP contribution >= 0.6 is 11.8 Å². The summed E-state index contributed by atoms with van der Waals surface area (Å²) in [4.78, 5) is 26.6. The molecule has 1 N–H and O–H groups in total. The van der Waals surface area contributed by atoms with Crippen molar-refractivity contribution in [3.05, 3.63) is 101 Å². The number of nitrogens with one attached hydrogen (secondary N) is 1. The number of rotatable bonds is 5. The zero-order chi connectivity index (χ0) is 21.1. The highest BCUT2D eigenvalue weighted by Crippen LogP contribution is 2.39. The number of thioether (sulfide) groups is 1. The quantitative estimate of drug-likeness (QED) is 0.628. The minimum atomic E-state index is -0.836. The number of carbonyl (C=O) groups is 2. The maximum Gasteiger partial charge on any atom is 0.255 e. The highest BCUT2D eigenvalue weighted by atomic mass is 32.2. The van der Waals surface area contributed by atoms with Crippen LogP contribution in [0.25, 0.3) is 0 Å². The molecule has 30 heavy (non-hydrogen) atoms. The molecule has 1 saturated heterocycles. The fourth-order valence-electron chi connectivity index (χ4n) is 3.28. The van der Waals surface area contributed by atoms with E-state index in [2.05, 4.69) is 5.32 Å². The fourth-order valence-corrected chi connectivity index (χ4v) is 4.47. The van der Waals surface area contributed by atoms with Gasteiger partial charge < -0.3 is 10.2 Å². The van der Waals surface area contributed by atoms with Crippen LogP contribution in [0.4, 0.5) is 14.5 Å². The van der Waals surface area contributed by atoms with Gasteiger partial charge in [0.2, 0.25) is 5.91 Å². The number of para-hydroxylation sites is 1. The molecule has 1 atom stereocenters. The number of hydrogen-bond donors (Lipinski definition) is 1. The van der Waals surface area contributed by atoms with Gasteiger partial charge in [0.05, 0.1) is 5.75 Å². The largest absolute Gasteiger partial charge is 0.322 e. The van der Waals surface area contributed by atoms with Gasteiger partial charge in [-0.05, 0) is 35.4 Å². The summed E-state index contributed by atoms with van der Waals surface area (Å²) in [6.07, 6.45) is 0. The minimum Gasteiger partial charge on any atom is -0.322 e. The molecule has 3 aromatic carbocycles. The van der Waals surface area contributed by atoms with E-state index in [1.807, 2.05) is 35.2 Å². The van der Waals surface area contributed by atoms with Crippen molar-refractivity contribution in [2.45, 2.75) is 11.9 Å².